The van der Waals surface area contributed by atoms with E-state index in [1.807, 2.05) is 20.8 Å². The largest absolute Gasteiger partial charge is 0.566 e. The van der Waals surface area contributed by atoms with Crippen LogP contribution in [0.1, 0.15) is 93.9 Å². The minimum absolute atomic E-state index is 0.0852. The van der Waals surface area contributed by atoms with Gasteiger partial charge >= 0.3 is 8.80 Å². The van der Waals surface area contributed by atoms with Gasteiger partial charge in [0.05, 0.1) is 19.3 Å². The smallest absolute Gasteiger partial charge is 0.376 e. The van der Waals surface area contributed by atoms with E-state index in [1.54, 1.807) is 0 Å². The van der Waals surface area contributed by atoms with Crippen LogP contribution >= 0.6 is 0 Å². The monoisotopic (exact) mass is 522 g/mol. The second-order valence-electron chi connectivity index (χ2n) is 8.96. The fourth-order valence-electron chi connectivity index (χ4n) is 4.10. The van der Waals surface area contributed by atoms with E-state index in [4.69, 9.17) is 37.0 Å². The van der Waals surface area contributed by atoms with Crippen LogP contribution in [0.3, 0.4) is 0 Å². The molecule has 1 saturated heterocycles. The molecular weight excluding hydrogens is 468 g/mol. The Morgan fingerprint density at radius 1 is 0.829 bits per heavy atom. The number of rotatable bonds is 24. The summed E-state index contributed by atoms with van der Waals surface area (Å²) >= 11 is 0. The predicted molar refractivity (Wildman–Crippen MR) is 139 cm³/mol. The molecule has 0 amide bonds. The molecule has 9 heteroatoms. The minimum atomic E-state index is -3.59. The Hall–Kier alpha value is -0.103. The second-order valence-corrected chi connectivity index (χ2v) is 11.6. The lowest BCUT2D eigenvalue weighted by Gasteiger charge is -2.48. The third kappa shape index (κ3) is 10.3. The fourth-order valence-corrected chi connectivity index (χ4v) is 7.88. The number of ether oxygens (including phenoxy) is 5. The molecule has 4 unspecified atom stereocenters. The summed E-state index contributed by atoms with van der Waals surface area (Å²) in [5.74, 6) is 0. The topological polar surface area (TPSA) is 77.1 Å². The van der Waals surface area contributed by atoms with E-state index in [0.717, 1.165) is 38.7 Å². The Bertz CT molecular complexity index is 506. The summed E-state index contributed by atoms with van der Waals surface area (Å²) in [5.41, 5.74) is -1.25. The van der Waals surface area contributed by atoms with Gasteiger partial charge in [-0.2, -0.15) is 0 Å². The van der Waals surface area contributed by atoms with Crippen molar-refractivity contribution in [2.75, 3.05) is 46.2 Å². The molecule has 35 heavy (non-hydrogen) atoms. The summed E-state index contributed by atoms with van der Waals surface area (Å²) in [6.07, 6.45) is 4.78. The quantitative estimate of drug-likeness (QED) is 0.0962. The Labute approximate surface area is 216 Å². The van der Waals surface area contributed by atoms with Gasteiger partial charge in [-0.3, -0.25) is 0 Å². The van der Waals surface area contributed by atoms with Gasteiger partial charge in [-0.05, 0) is 66.2 Å². The predicted octanol–water partition coefficient (Wildman–Crippen LogP) is 5.28. The number of hydrogen-bond acceptors (Lipinski definition) is 8. The third-order valence-electron chi connectivity index (χ3n) is 5.94. The van der Waals surface area contributed by atoms with Crippen molar-refractivity contribution in [3.05, 3.63) is 0 Å². The van der Waals surface area contributed by atoms with Crippen LogP contribution in [0.2, 0.25) is 0 Å². The molecule has 8 nitrogen and oxygen atoms in total. The van der Waals surface area contributed by atoms with Crippen LogP contribution in [0.15, 0.2) is 0 Å². The molecule has 1 aliphatic heterocycles. The maximum atomic E-state index is 6.96. The first-order valence-corrected chi connectivity index (χ1v) is 15.7. The first-order valence-electron chi connectivity index (χ1n) is 14.0. The summed E-state index contributed by atoms with van der Waals surface area (Å²) in [6, 6.07) is 0. The highest BCUT2D eigenvalue weighted by atomic mass is 28.4. The van der Waals surface area contributed by atoms with E-state index in [-0.39, 0.29) is 24.4 Å². The lowest BCUT2D eigenvalue weighted by Crippen LogP contribution is -2.73. The van der Waals surface area contributed by atoms with Crippen molar-refractivity contribution in [1.29, 1.82) is 0 Å². The third-order valence-corrected chi connectivity index (χ3v) is 9.22. The molecule has 0 aromatic heterocycles. The van der Waals surface area contributed by atoms with E-state index in [0.29, 0.717) is 46.1 Å². The molecule has 4 atom stereocenters. The Morgan fingerprint density at radius 3 is 1.86 bits per heavy atom. The van der Waals surface area contributed by atoms with Crippen LogP contribution < -0.4 is 0 Å². The maximum absolute atomic E-state index is 6.96. The summed E-state index contributed by atoms with van der Waals surface area (Å²) < 4.78 is 50.6. The van der Waals surface area contributed by atoms with E-state index in [2.05, 4.69) is 34.6 Å². The summed E-state index contributed by atoms with van der Waals surface area (Å²) in [5, 5.41) is 0. The summed E-state index contributed by atoms with van der Waals surface area (Å²) in [6.45, 7) is 20.2. The van der Waals surface area contributed by atoms with Gasteiger partial charge in [0.25, 0.3) is 5.41 Å². The molecule has 1 rings (SSSR count). The van der Waals surface area contributed by atoms with Gasteiger partial charge < -0.3 is 37.0 Å². The average Bonchev–Trinajstić information content (AvgIpc) is 3.69. The van der Waals surface area contributed by atoms with E-state index in [9.17, 15) is 0 Å². The SMILES string of the molecule is CCCO[Si](OCCC)(OC(CC)CCC(C)OCC1CO1)C(OCC)(OCC)C(CC)OCC. The van der Waals surface area contributed by atoms with Crippen LogP contribution in [-0.2, 0) is 37.0 Å². The lowest BCUT2D eigenvalue weighted by molar-refractivity contribution is -0.275. The van der Waals surface area contributed by atoms with Crippen LogP contribution in [0.25, 0.3) is 0 Å². The highest BCUT2D eigenvalue weighted by Gasteiger charge is 2.69. The van der Waals surface area contributed by atoms with Gasteiger partial charge in [0.1, 0.15) is 12.2 Å². The lowest BCUT2D eigenvalue weighted by atomic mass is 10.1. The first-order chi connectivity index (χ1) is 16.9. The van der Waals surface area contributed by atoms with Crippen LogP contribution in [-0.4, -0.2) is 84.9 Å². The standard InChI is InChI=1S/C26H54O8Si/c1-9-18-32-35(33-19-10-2,26(30-14-6,31-15-7)25(12-4)27-13-5)34-23(11-3)17-16-22(8)28-20-24-21-29-24/h22-25H,9-21H2,1-8H3. The Kier molecular flexibility index (Phi) is 17.1. The molecule has 0 aromatic carbocycles. The van der Waals surface area contributed by atoms with Crippen molar-refractivity contribution in [2.24, 2.45) is 0 Å². The van der Waals surface area contributed by atoms with Crippen molar-refractivity contribution < 1.29 is 37.0 Å². The Balaban J connectivity index is 3.31. The molecule has 1 heterocycles. The highest BCUT2D eigenvalue weighted by Crippen LogP contribution is 2.38. The zero-order valence-electron chi connectivity index (χ0n) is 23.8. The second kappa shape index (κ2) is 18.2. The van der Waals surface area contributed by atoms with Gasteiger partial charge in [-0.1, -0.05) is 27.7 Å². The molecule has 0 spiro atoms. The zero-order chi connectivity index (χ0) is 26.2. The van der Waals surface area contributed by atoms with Crippen molar-refractivity contribution in [1.82, 2.24) is 0 Å². The first kappa shape index (κ1) is 32.9. The molecule has 0 aliphatic carbocycles. The highest BCUT2D eigenvalue weighted by molar-refractivity contribution is 6.64. The van der Waals surface area contributed by atoms with Crippen LogP contribution in [0, 0.1) is 0 Å². The van der Waals surface area contributed by atoms with Crippen LogP contribution in [0.4, 0.5) is 0 Å². The van der Waals surface area contributed by atoms with E-state index in [1.165, 1.54) is 0 Å². The molecule has 0 N–H and O–H groups in total. The summed E-state index contributed by atoms with van der Waals surface area (Å²) in [4.78, 5) is 0. The fraction of sp³-hybridized carbons (Fsp3) is 1.00. The van der Waals surface area contributed by atoms with Crippen molar-refractivity contribution in [2.45, 2.75) is 124 Å². The minimum Gasteiger partial charge on any atom is -0.376 e. The molecule has 0 saturated carbocycles. The van der Waals surface area contributed by atoms with Gasteiger partial charge in [0, 0.05) is 39.1 Å². The molecule has 210 valence electrons. The van der Waals surface area contributed by atoms with Gasteiger partial charge in [0.2, 0.25) is 0 Å². The molecule has 1 aliphatic rings. The van der Waals surface area contributed by atoms with E-state index >= 15 is 0 Å². The molecule has 0 aromatic rings. The Morgan fingerprint density at radius 2 is 1.43 bits per heavy atom. The van der Waals surface area contributed by atoms with Gasteiger partial charge in [-0.25, -0.2) is 0 Å². The van der Waals surface area contributed by atoms with Gasteiger partial charge in [0.15, 0.2) is 0 Å². The van der Waals surface area contributed by atoms with Crippen molar-refractivity contribution in [3.63, 3.8) is 0 Å². The zero-order valence-corrected chi connectivity index (χ0v) is 24.8. The summed E-state index contributed by atoms with van der Waals surface area (Å²) in [7, 11) is -3.59. The molecule has 0 radical (unpaired) electrons. The van der Waals surface area contributed by atoms with Crippen molar-refractivity contribution >= 4 is 8.80 Å². The van der Waals surface area contributed by atoms with Crippen molar-refractivity contribution in [3.8, 4) is 0 Å². The molecule has 0 bridgehead atoms. The number of epoxide rings is 1. The molecule has 1 fully saturated rings. The maximum Gasteiger partial charge on any atom is 0.566 e. The number of hydrogen-bond donors (Lipinski definition) is 0. The molecular formula is C26H54O8Si. The van der Waals surface area contributed by atoms with E-state index < -0.39 is 14.2 Å². The van der Waals surface area contributed by atoms with Crippen LogP contribution in [0.5, 0.6) is 0 Å². The average molecular weight is 523 g/mol. The van der Waals surface area contributed by atoms with Gasteiger partial charge in [-0.15, -0.1) is 0 Å². The normalized spacial score (nSPS) is 19.0.